The fourth-order valence-electron chi connectivity index (χ4n) is 2.96. The van der Waals surface area contributed by atoms with Gasteiger partial charge in [-0.25, -0.2) is 4.39 Å². The first-order valence-corrected chi connectivity index (χ1v) is 10.7. The molecule has 5 nitrogen and oxygen atoms in total. The van der Waals surface area contributed by atoms with Crippen molar-refractivity contribution in [1.29, 1.82) is 0 Å². The number of pyridine rings is 1. The maximum Gasteiger partial charge on any atom is 0.230 e. The number of nitrogens with zero attached hydrogens (tertiary/aromatic N) is 1. The number of thiocarbonyl (C=S) groups is 1. The summed E-state index contributed by atoms with van der Waals surface area (Å²) in [7, 11) is 0. The van der Waals surface area contributed by atoms with E-state index in [1.165, 1.54) is 23.5 Å². The minimum Gasteiger partial charge on any atom is -0.453 e. The quantitative estimate of drug-likeness (QED) is 0.313. The summed E-state index contributed by atoms with van der Waals surface area (Å²) in [6.45, 7) is 0. The molecule has 2 heterocycles. The molecule has 32 heavy (non-hydrogen) atoms. The van der Waals surface area contributed by atoms with Gasteiger partial charge in [0.05, 0.1) is 21.5 Å². The van der Waals surface area contributed by atoms with Crippen LogP contribution in [0.3, 0.4) is 0 Å². The lowest BCUT2D eigenvalue weighted by Crippen LogP contribution is -2.35. The Morgan fingerprint density at radius 2 is 1.97 bits per heavy atom. The Balaban J connectivity index is 1.41. The number of halogens is 1. The van der Waals surface area contributed by atoms with Crippen LogP contribution >= 0.6 is 23.6 Å². The standard InChI is InChI=1S/C24H16FN3O2S2/c1-2-17-14-19-23(32-17)21(10-11-26-19)30-20-9-8-16(13-18(20)25)27-24(31)28-22(29)12-15-6-4-3-5-7-15/h1,3-11,13-14H,12H2,(H2,27,28,29,31). The molecule has 0 aliphatic carbocycles. The van der Waals surface area contributed by atoms with Crippen LogP contribution in [-0.4, -0.2) is 16.0 Å². The number of aromatic nitrogens is 1. The normalized spacial score (nSPS) is 10.4. The predicted octanol–water partition coefficient (Wildman–Crippen LogP) is 5.26. The second-order valence-corrected chi connectivity index (χ2v) is 8.15. The van der Waals surface area contributed by atoms with Crippen LogP contribution in [0.2, 0.25) is 0 Å². The molecule has 0 spiro atoms. The van der Waals surface area contributed by atoms with E-state index in [9.17, 15) is 9.18 Å². The van der Waals surface area contributed by atoms with Gasteiger partial charge in [-0.2, -0.15) is 0 Å². The first-order valence-electron chi connectivity index (χ1n) is 9.49. The van der Waals surface area contributed by atoms with Crippen LogP contribution in [0.15, 0.2) is 66.9 Å². The van der Waals surface area contributed by atoms with Gasteiger partial charge in [-0.05, 0) is 36.0 Å². The summed E-state index contributed by atoms with van der Waals surface area (Å²) in [5, 5.41) is 5.47. The van der Waals surface area contributed by atoms with E-state index < -0.39 is 5.82 Å². The number of hydrogen-bond acceptors (Lipinski definition) is 5. The zero-order valence-corrected chi connectivity index (χ0v) is 18.2. The summed E-state index contributed by atoms with van der Waals surface area (Å²) >= 11 is 6.51. The third-order valence-electron chi connectivity index (χ3n) is 4.39. The van der Waals surface area contributed by atoms with Gasteiger partial charge in [0, 0.05) is 24.0 Å². The third kappa shape index (κ3) is 5.09. The Labute approximate surface area is 193 Å². The molecule has 0 saturated heterocycles. The SMILES string of the molecule is C#Cc1cc2nccc(Oc3ccc(NC(=S)NC(=O)Cc4ccccc4)cc3F)c2s1. The molecule has 0 saturated carbocycles. The van der Waals surface area contributed by atoms with Crippen molar-refractivity contribution in [3.8, 4) is 23.8 Å². The van der Waals surface area contributed by atoms with E-state index in [2.05, 4.69) is 21.5 Å². The summed E-state index contributed by atoms with van der Waals surface area (Å²) < 4.78 is 21.2. The van der Waals surface area contributed by atoms with Crippen molar-refractivity contribution < 1.29 is 13.9 Å². The Bertz CT molecular complexity index is 1350. The number of carbonyl (C=O) groups excluding carboxylic acids is 1. The van der Waals surface area contributed by atoms with Crippen molar-refractivity contribution in [1.82, 2.24) is 10.3 Å². The molecule has 2 aromatic heterocycles. The number of fused-ring (bicyclic) bond motifs is 1. The second kappa shape index (κ2) is 9.56. The minimum atomic E-state index is -0.591. The molecule has 4 aromatic rings. The Hall–Kier alpha value is -3.80. The number of nitrogens with one attached hydrogen (secondary N) is 2. The van der Waals surface area contributed by atoms with Crippen molar-refractivity contribution in [2.75, 3.05) is 5.32 Å². The van der Waals surface area contributed by atoms with Gasteiger partial charge in [-0.3, -0.25) is 9.78 Å². The van der Waals surface area contributed by atoms with E-state index in [1.54, 1.807) is 24.4 Å². The highest BCUT2D eigenvalue weighted by atomic mass is 32.1. The number of terminal acetylenes is 1. The highest BCUT2D eigenvalue weighted by molar-refractivity contribution is 7.80. The molecule has 158 valence electrons. The molecule has 0 bridgehead atoms. The van der Waals surface area contributed by atoms with Crippen LogP contribution in [0.25, 0.3) is 10.2 Å². The second-order valence-electron chi connectivity index (χ2n) is 6.69. The third-order valence-corrected chi connectivity index (χ3v) is 5.66. The van der Waals surface area contributed by atoms with Crippen LogP contribution in [0.4, 0.5) is 10.1 Å². The van der Waals surface area contributed by atoms with Crippen molar-refractivity contribution >= 4 is 50.5 Å². The minimum absolute atomic E-state index is 0.0396. The van der Waals surface area contributed by atoms with Gasteiger partial charge in [-0.15, -0.1) is 17.8 Å². The number of rotatable bonds is 5. The van der Waals surface area contributed by atoms with Crippen LogP contribution in [0.5, 0.6) is 11.5 Å². The molecule has 0 radical (unpaired) electrons. The van der Waals surface area contributed by atoms with E-state index >= 15 is 0 Å². The average Bonchev–Trinajstić information content (AvgIpc) is 3.20. The molecular weight excluding hydrogens is 445 g/mol. The Morgan fingerprint density at radius 1 is 1.16 bits per heavy atom. The van der Waals surface area contributed by atoms with Gasteiger partial charge in [-0.1, -0.05) is 36.3 Å². The molecule has 0 unspecified atom stereocenters. The Morgan fingerprint density at radius 3 is 2.72 bits per heavy atom. The largest absolute Gasteiger partial charge is 0.453 e. The molecule has 0 atom stereocenters. The zero-order valence-electron chi connectivity index (χ0n) is 16.6. The molecule has 0 aliphatic heterocycles. The van der Waals surface area contributed by atoms with E-state index in [1.807, 2.05) is 30.3 Å². The smallest absolute Gasteiger partial charge is 0.230 e. The van der Waals surface area contributed by atoms with Crippen LogP contribution in [-0.2, 0) is 11.2 Å². The molecule has 2 N–H and O–H groups in total. The predicted molar refractivity (Wildman–Crippen MR) is 129 cm³/mol. The molecule has 1 amide bonds. The molecule has 0 aliphatic rings. The number of ether oxygens (including phenoxy) is 1. The fraction of sp³-hybridized carbons (Fsp3) is 0.0417. The number of benzene rings is 2. The highest BCUT2D eigenvalue weighted by Crippen LogP contribution is 2.35. The van der Waals surface area contributed by atoms with Crippen LogP contribution in [0.1, 0.15) is 10.4 Å². The molecule has 2 aromatic carbocycles. The molecule has 0 fully saturated rings. The van der Waals surface area contributed by atoms with Crippen molar-refractivity contribution in [2.45, 2.75) is 6.42 Å². The van der Waals surface area contributed by atoms with Gasteiger partial charge in [0.25, 0.3) is 0 Å². The summed E-state index contributed by atoms with van der Waals surface area (Å²) in [5.74, 6) is 2.22. The van der Waals surface area contributed by atoms with E-state index in [0.29, 0.717) is 21.8 Å². The van der Waals surface area contributed by atoms with Crippen molar-refractivity contribution in [2.24, 2.45) is 0 Å². The number of carbonyl (C=O) groups is 1. The zero-order chi connectivity index (χ0) is 22.5. The van der Waals surface area contributed by atoms with Gasteiger partial charge < -0.3 is 15.4 Å². The first kappa shape index (κ1) is 21.4. The van der Waals surface area contributed by atoms with E-state index in [4.69, 9.17) is 23.4 Å². The van der Waals surface area contributed by atoms with Crippen LogP contribution < -0.4 is 15.4 Å². The highest BCUT2D eigenvalue weighted by Gasteiger charge is 2.13. The van der Waals surface area contributed by atoms with Crippen molar-refractivity contribution in [3.05, 3.63) is 83.1 Å². The average molecular weight is 462 g/mol. The van der Waals surface area contributed by atoms with Gasteiger partial charge in [0.1, 0.15) is 5.75 Å². The maximum absolute atomic E-state index is 14.7. The fourth-order valence-corrected chi connectivity index (χ4v) is 4.07. The number of anilines is 1. The summed E-state index contributed by atoms with van der Waals surface area (Å²) in [6, 6.07) is 17.1. The monoisotopic (exact) mass is 461 g/mol. The lowest BCUT2D eigenvalue weighted by Gasteiger charge is -2.12. The Kier molecular flexibility index (Phi) is 6.40. The van der Waals surface area contributed by atoms with E-state index in [-0.39, 0.29) is 23.2 Å². The number of thiophene rings is 1. The van der Waals surface area contributed by atoms with Gasteiger partial charge >= 0.3 is 0 Å². The van der Waals surface area contributed by atoms with E-state index in [0.717, 1.165) is 10.3 Å². The van der Waals surface area contributed by atoms with Crippen molar-refractivity contribution in [3.63, 3.8) is 0 Å². The first-order chi connectivity index (χ1) is 15.5. The molecule has 4 rings (SSSR count). The molecule has 8 heteroatoms. The maximum atomic E-state index is 14.7. The number of amides is 1. The summed E-state index contributed by atoms with van der Waals surface area (Å²) in [6.07, 6.45) is 7.22. The van der Waals surface area contributed by atoms with Crippen LogP contribution in [0, 0.1) is 18.2 Å². The van der Waals surface area contributed by atoms with Gasteiger partial charge in [0.2, 0.25) is 5.91 Å². The number of hydrogen-bond donors (Lipinski definition) is 2. The topological polar surface area (TPSA) is 63.2 Å². The van der Waals surface area contributed by atoms with Gasteiger partial charge in [0.15, 0.2) is 16.7 Å². The summed E-state index contributed by atoms with van der Waals surface area (Å²) in [5.41, 5.74) is 1.94. The summed E-state index contributed by atoms with van der Waals surface area (Å²) in [4.78, 5) is 17.1. The lowest BCUT2D eigenvalue weighted by atomic mass is 10.1. The lowest BCUT2D eigenvalue weighted by molar-refractivity contribution is -0.119. The molecular formula is C24H16FN3O2S2.